The molecule has 0 aliphatic carbocycles. The second-order valence-electron chi connectivity index (χ2n) is 4.62. The van der Waals surface area contributed by atoms with E-state index in [1.54, 1.807) is 0 Å². The Morgan fingerprint density at radius 2 is 1.79 bits per heavy atom. The summed E-state index contributed by atoms with van der Waals surface area (Å²) in [7, 11) is 0. The third kappa shape index (κ3) is 2.72. The summed E-state index contributed by atoms with van der Waals surface area (Å²) in [6.45, 7) is 7.99. The standard InChI is InChI=1S/C12H22N2/c1-3-6-12(7-4-2)10-14(11-12)9-5-8-13/h3-7,9-11H2,1-2H3. The molecule has 0 aromatic heterocycles. The molecule has 1 fully saturated rings. The highest BCUT2D eigenvalue weighted by Crippen LogP contribution is 2.39. The molecule has 0 amide bonds. The van der Waals surface area contributed by atoms with Crippen molar-refractivity contribution in [3.05, 3.63) is 0 Å². The fourth-order valence-corrected chi connectivity index (χ4v) is 2.77. The molecule has 0 bridgehead atoms. The van der Waals surface area contributed by atoms with E-state index in [9.17, 15) is 0 Å². The van der Waals surface area contributed by atoms with Gasteiger partial charge in [0.25, 0.3) is 0 Å². The molecule has 80 valence electrons. The van der Waals surface area contributed by atoms with Crippen molar-refractivity contribution in [3.63, 3.8) is 0 Å². The number of nitrogens with zero attached hydrogens (tertiary/aromatic N) is 2. The van der Waals surface area contributed by atoms with Crippen LogP contribution in [0, 0.1) is 16.7 Å². The molecule has 0 radical (unpaired) electrons. The van der Waals surface area contributed by atoms with Crippen molar-refractivity contribution >= 4 is 0 Å². The Morgan fingerprint density at radius 1 is 1.21 bits per heavy atom. The zero-order valence-corrected chi connectivity index (χ0v) is 9.55. The lowest BCUT2D eigenvalue weighted by Gasteiger charge is -2.50. The van der Waals surface area contributed by atoms with Crippen molar-refractivity contribution < 1.29 is 0 Å². The predicted molar refractivity (Wildman–Crippen MR) is 58.9 cm³/mol. The third-order valence-corrected chi connectivity index (χ3v) is 3.22. The lowest BCUT2D eigenvalue weighted by Crippen LogP contribution is -2.56. The van der Waals surface area contributed by atoms with E-state index in [1.165, 1.54) is 38.8 Å². The van der Waals surface area contributed by atoms with Gasteiger partial charge in [-0.05, 0) is 18.3 Å². The molecular weight excluding hydrogens is 172 g/mol. The number of likely N-dealkylation sites (tertiary alicyclic amines) is 1. The summed E-state index contributed by atoms with van der Waals surface area (Å²) < 4.78 is 0. The molecule has 1 aliphatic heterocycles. The van der Waals surface area contributed by atoms with E-state index in [2.05, 4.69) is 24.8 Å². The first-order valence-corrected chi connectivity index (χ1v) is 5.85. The van der Waals surface area contributed by atoms with Crippen LogP contribution in [0.1, 0.15) is 46.0 Å². The monoisotopic (exact) mass is 194 g/mol. The maximum absolute atomic E-state index is 8.49. The van der Waals surface area contributed by atoms with Gasteiger partial charge in [0, 0.05) is 26.1 Å². The first kappa shape index (κ1) is 11.5. The summed E-state index contributed by atoms with van der Waals surface area (Å²) in [6, 6.07) is 2.22. The van der Waals surface area contributed by atoms with E-state index in [0.717, 1.165) is 6.54 Å². The fraction of sp³-hybridized carbons (Fsp3) is 0.917. The lowest BCUT2D eigenvalue weighted by atomic mass is 9.72. The summed E-state index contributed by atoms with van der Waals surface area (Å²) in [5.41, 5.74) is 0.610. The van der Waals surface area contributed by atoms with Crippen LogP contribution in [0.15, 0.2) is 0 Å². The average Bonchev–Trinajstić information content (AvgIpc) is 2.11. The fourth-order valence-electron chi connectivity index (χ4n) is 2.77. The van der Waals surface area contributed by atoms with Gasteiger partial charge in [-0.3, -0.25) is 0 Å². The predicted octanol–water partition coefficient (Wildman–Crippen LogP) is 2.80. The summed E-state index contributed by atoms with van der Waals surface area (Å²) in [5.74, 6) is 0. The van der Waals surface area contributed by atoms with Gasteiger partial charge in [-0.2, -0.15) is 5.26 Å². The third-order valence-electron chi connectivity index (χ3n) is 3.22. The van der Waals surface area contributed by atoms with Crippen LogP contribution < -0.4 is 0 Å². The number of hydrogen-bond donors (Lipinski definition) is 0. The number of hydrogen-bond acceptors (Lipinski definition) is 2. The van der Waals surface area contributed by atoms with Gasteiger partial charge in [0.1, 0.15) is 0 Å². The van der Waals surface area contributed by atoms with Gasteiger partial charge in [0.05, 0.1) is 6.07 Å². The number of nitriles is 1. The average molecular weight is 194 g/mol. The highest BCUT2D eigenvalue weighted by Gasteiger charge is 2.40. The number of rotatable bonds is 6. The molecule has 1 saturated heterocycles. The summed E-state index contributed by atoms with van der Waals surface area (Å²) in [5, 5.41) is 8.49. The van der Waals surface area contributed by atoms with Crippen LogP contribution in [0.4, 0.5) is 0 Å². The van der Waals surface area contributed by atoms with Crippen LogP contribution in [-0.2, 0) is 0 Å². The molecule has 14 heavy (non-hydrogen) atoms. The van der Waals surface area contributed by atoms with E-state index in [1.807, 2.05) is 0 Å². The molecule has 0 aromatic rings. The summed E-state index contributed by atoms with van der Waals surface area (Å²) in [4.78, 5) is 2.43. The van der Waals surface area contributed by atoms with Crippen LogP contribution in [-0.4, -0.2) is 24.5 Å². The second-order valence-corrected chi connectivity index (χ2v) is 4.62. The van der Waals surface area contributed by atoms with E-state index in [-0.39, 0.29) is 0 Å². The highest BCUT2D eigenvalue weighted by molar-refractivity contribution is 4.94. The van der Waals surface area contributed by atoms with Gasteiger partial charge in [0.2, 0.25) is 0 Å². The smallest absolute Gasteiger partial charge is 0.0635 e. The molecule has 1 heterocycles. The first-order valence-electron chi connectivity index (χ1n) is 5.85. The molecular formula is C12H22N2. The van der Waals surface area contributed by atoms with Crippen molar-refractivity contribution in [2.45, 2.75) is 46.0 Å². The quantitative estimate of drug-likeness (QED) is 0.650. The summed E-state index contributed by atoms with van der Waals surface area (Å²) >= 11 is 0. The van der Waals surface area contributed by atoms with Crippen LogP contribution in [0.25, 0.3) is 0 Å². The Labute approximate surface area is 87.9 Å². The molecule has 2 heteroatoms. The molecule has 0 saturated carbocycles. The van der Waals surface area contributed by atoms with Crippen molar-refractivity contribution in [1.82, 2.24) is 4.90 Å². The van der Waals surface area contributed by atoms with Gasteiger partial charge in [0.15, 0.2) is 0 Å². The first-order chi connectivity index (χ1) is 6.76. The van der Waals surface area contributed by atoms with Crippen molar-refractivity contribution in [2.24, 2.45) is 5.41 Å². The topological polar surface area (TPSA) is 27.0 Å². The van der Waals surface area contributed by atoms with Crippen LogP contribution in [0.2, 0.25) is 0 Å². The molecule has 1 rings (SSSR count). The van der Waals surface area contributed by atoms with Gasteiger partial charge in [-0.15, -0.1) is 0 Å². The SMILES string of the molecule is CCCC1(CCC)CN(CCC#N)C1. The summed E-state index contributed by atoms with van der Waals surface area (Å²) in [6.07, 6.45) is 6.01. The molecule has 1 aliphatic rings. The Morgan fingerprint density at radius 3 is 2.21 bits per heavy atom. The Kier molecular flexibility index (Phi) is 4.41. The van der Waals surface area contributed by atoms with E-state index in [4.69, 9.17) is 5.26 Å². The molecule has 0 spiro atoms. The van der Waals surface area contributed by atoms with E-state index < -0.39 is 0 Å². The van der Waals surface area contributed by atoms with Crippen molar-refractivity contribution in [2.75, 3.05) is 19.6 Å². The normalized spacial score (nSPS) is 20.1. The van der Waals surface area contributed by atoms with Crippen LogP contribution in [0.3, 0.4) is 0 Å². The Hall–Kier alpha value is -0.550. The zero-order chi connectivity index (χ0) is 10.4. The van der Waals surface area contributed by atoms with Gasteiger partial charge < -0.3 is 4.90 Å². The minimum atomic E-state index is 0.610. The van der Waals surface area contributed by atoms with E-state index in [0.29, 0.717) is 11.8 Å². The molecule has 0 N–H and O–H groups in total. The Balaban J connectivity index is 2.28. The molecule has 0 atom stereocenters. The largest absolute Gasteiger partial charge is 0.301 e. The van der Waals surface area contributed by atoms with Gasteiger partial charge in [-0.25, -0.2) is 0 Å². The van der Waals surface area contributed by atoms with E-state index >= 15 is 0 Å². The van der Waals surface area contributed by atoms with Gasteiger partial charge in [-0.1, -0.05) is 26.7 Å². The lowest BCUT2D eigenvalue weighted by molar-refractivity contribution is -0.0127. The minimum Gasteiger partial charge on any atom is -0.301 e. The van der Waals surface area contributed by atoms with Crippen LogP contribution >= 0.6 is 0 Å². The zero-order valence-electron chi connectivity index (χ0n) is 9.55. The van der Waals surface area contributed by atoms with Gasteiger partial charge >= 0.3 is 0 Å². The Bertz CT molecular complexity index is 191. The highest BCUT2D eigenvalue weighted by atomic mass is 15.2. The molecule has 0 aromatic carbocycles. The maximum Gasteiger partial charge on any atom is 0.0635 e. The maximum atomic E-state index is 8.49. The second kappa shape index (κ2) is 5.36. The molecule has 0 unspecified atom stereocenters. The van der Waals surface area contributed by atoms with Crippen molar-refractivity contribution in [1.29, 1.82) is 5.26 Å². The van der Waals surface area contributed by atoms with Crippen molar-refractivity contribution in [3.8, 4) is 6.07 Å². The van der Waals surface area contributed by atoms with Crippen LogP contribution in [0.5, 0.6) is 0 Å². The minimum absolute atomic E-state index is 0.610. The molecule has 2 nitrogen and oxygen atoms in total.